The SMILES string of the molecule is CC(C)NC(=O)c1c(N)cc(C(F)(F)F)cc1C(=O)O. The number of carbonyl (C=O) groups is 2. The second-order valence-corrected chi connectivity index (χ2v) is 4.42. The number of nitrogens with two attached hydrogens (primary N) is 1. The van der Waals surface area contributed by atoms with Gasteiger partial charge in [0.25, 0.3) is 5.91 Å². The lowest BCUT2D eigenvalue weighted by Crippen LogP contribution is -2.32. The largest absolute Gasteiger partial charge is 0.478 e. The number of carboxylic acids is 1. The quantitative estimate of drug-likeness (QED) is 0.743. The third-order valence-electron chi connectivity index (χ3n) is 2.37. The summed E-state index contributed by atoms with van der Waals surface area (Å²) >= 11 is 0. The first-order chi connectivity index (χ1) is 9.04. The molecule has 5 nitrogen and oxygen atoms in total. The van der Waals surface area contributed by atoms with Crippen LogP contribution in [0.25, 0.3) is 0 Å². The lowest BCUT2D eigenvalue weighted by Gasteiger charge is -2.15. The molecule has 0 unspecified atom stereocenters. The number of nitrogens with one attached hydrogen (secondary N) is 1. The second kappa shape index (κ2) is 5.40. The van der Waals surface area contributed by atoms with Gasteiger partial charge in [-0.3, -0.25) is 4.79 Å². The molecule has 0 saturated carbocycles. The predicted molar refractivity (Wildman–Crippen MR) is 65.4 cm³/mol. The van der Waals surface area contributed by atoms with E-state index < -0.39 is 40.4 Å². The van der Waals surface area contributed by atoms with Gasteiger partial charge in [0.05, 0.1) is 16.7 Å². The van der Waals surface area contributed by atoms with Crippen LogP contribution in [-0.2, 0) is 6.18 Å². The normalized spacial score (nSPS) is 11.5. The molecule has 0 aliphatic rings. The number of nitrogen functional groups attached to an aromatic ring is 1. The van der Waals surface area contributed by atoms with Crippen LogP contribution in [0.15, 0.2) is 12.1 Å². The minimum Gasteiger partial charge on any atom is -0.478 e. The molecule has 0 atom stereocenters. The molecular weight excluding hydrogens is 277 g/mol. The molecule has 0 radical (unpaired) electrons. The van der Waals surface area contributed by atoms with E-state index in [1.807, 2.05) is 0 Å². The minimum atomic E-state index is -4.74. The van der Waals surface area contributed by atoms with Crippen molar-refractivity contribution in [3.63, 3.8) is 0 Å². The summed E-state index contributed by atoms with van der Waals surface area (Å²) in [7, 11) is 0. The van der Waals surface area contributed by atoms with Crippen LogP contribution < -0.4 is 11.1 Å². The summed E-state index contributed by atoms with van der Waals surface area (Å²) in [5, 5.41) is 11.4. The Morgan fingerprint density at radius 2 is 1.85 bits per heavy atom. The van der Waals surface area contributed by atoms with Crippen LogP contribution in [0, 0.1) is 0 Å². The summed E-state index contributed by atoms with van der Waals surface area (Å²) in [6, 6.07) is 0.626. The zero-order chi connectivity index (χ0) is 15.7. The molecule has 0 fully saturated rings. The number of carbonyl (C=O) groups excluding carboxylic acids is 1. The summed E-state index contributed by atoms with van der Waals surface area (Å²) in [4.78, 5) is 22.9. The van der Waals surface area contributed by atoms with Crippen molar-refractivity contribution in [1.82, 2.24) is 5.32 Å². The molecule has 4 N–H and O–H groups in total. The number of halogens is 3. The molecule has 1 aromatic rings. The van der Waals surface area contributed by atoms with Gasteiger partial charge in [0, 0.05) is 11.7 Å². The highest BCUT2D eigenvalue weighted by molar-refractivity contribution is 6.08. The Kier molecular flexibility index (Phi) is 4.26. The van der Waals surface area contributed by atoms with Gasteiger partial charge in [-0.25, -0.2) is 4.79 Å². The Labute approximate surface area is 112 Å². The summed E-state index contributed by atoms with van der Waals surface area (Å²) < 4.78 is 37.8. The molecule has 0 aliphatic carbocycles. The van der Waals surface area contributed by atoms with Crippen LogP contribution >= 0.6 is 0 Å². The molecule has 0 spiro atoms. The number of carboxylic acid groups (broad SMARTS) is 1. The fraction of sp³-hybridized carbons (Fsp3) is 0.333. The van der Waals surface area contributed by atoms with E-state index >= 15 is 0 Å². The molecule has 0 bridgehead atoms. The first-order valence-electron chi connectivity index (χ1n) is 5.59. The zero-order valence-electron chi connectivity index (χ0n) is 10.7. The molecule has 20 heavy (non-hydrogen) atoms. The number of anilines is 1. The summed E-state index contributed by atoms with van der Waals surface area (Å²) in [5.74, 6) is -2.49. The van der Waals surface area contributed by atoms with Crippen molar-refractivity contribution in [2.24, 2.45) is 0 Å². The van der Waals surface area contributed by atoms with E-state index in [4.69, 9.17) is 10.8 Å². The Hall–Kier alpha value is -2.25. The Balaban J connectivity index is 3.45. The monoisotopic (exact) mass is 290 g/mol. The van der Waals surface area contributed by atoms with Crippen molar-refractivity contribution in [3.05, 3.63) is 28.8 Å². The first kappa shape index (κ1) is 15.8. The third kappa shape index (κ3) is 3.40. The molecule has 0 aliphatic heterocycles. The molecular formula is C12H13F3N2O3. The van der Waals surface area contributed by atoms with E-state index in [2.05, 4.69) is 5.32 Å². The number of rotatable bonds is 3. The van der Waals surface area contributed by atoms with Crippen molar-refractivity contribution in [1.29, 1.82) is 0 Å². The Morgan fingerprint density at radius 3 is 2.25 bits per heavy atom. The van der Waals surface area contributed by atoms with E-state index in [9.17, 15) is 22.8 Å². The fourth-order valence-corrected chi connectivity index (χ4v) is 1.58. The standard InChI is InChI=1S/C12H13F3N2O3/c1-5(2)17-10(18)9-7(11(19)20)3-6(4-8(9)16)12(13,14)15/h3-5H,16H2,1-2H3,(H,17,18)(H,19,20). The van der Waals surface area contributed by atoms with Gasteiger partial charge in [-0.15, -0.1) is 0 Å². The maximum Gasteiger partial charge on any atom is 0.416 e. The van der Waals surface area contributed by atoms with E-state index in [0.717, 1.165) is 0 Å². The molecule has 110 valence electrons. The summed E-state index contributed by atoms with van der Waals surface area (Å²) in [6.45, 7) is 3.25. The maximum atomic E-state index is 12.6. The number of alkyl halides is 3. The number of aromatic carboxylic acids is 1. The van der Waals surface area contributed by atoms with Crippen LogP contribution in [-0.4, -0.2) is 23.0 Å². The van der Waals surface area contributed by atoms with Gasteiger partial charge in [0.2, 0.25) is 0 Å². The van der Waals surface area contributed by atoms with Gasteiger partial charge < -0.3 is 16.2 Å². The van der Waals surface area contributed by atoms with Gasteiger partial charge >= 0.3 is 12.1 Å². The second-order valence-electron chi connectivity index (χ2n) is 4.42. The van der Waals surface area contributed by atoms with Gasteiger partial charge in [-0.2, -0.15) is 13.2 Å². The predicted octanol–water partition coefficient (Wildman–Crippen LogP) is 2.12. The van der Waals surface area contributed by atoms with Crippen LogP contribution in [0.1, 0.15) is 40.1 Å². The number of amides is 1. The number of hydrogen-bond donors (Lipinski definition) is 3. The molecule has 1 aromatic carbocycles. The van der Waals surface area contributed by atoms with Crippen molar-refractivity contribution in [3.8, 4) is 0 Å². The van der Waals surface area contributed by atoms with Crippen molar-refractivity contribution >= 4 is 17.6 Å². The lowest BCUT2D eigenvalue weighted by molar-refractivity contribution is -0.137. The first-order valence-corrected chi connectivity index (χ1v) is 5.59. The van der Waals surface area contributed by atoms with Gasteiger partial charge in [-0.1, -0.05) is 0 Å². The highest BCUT2D eigenvalue weighted by Crippen LogP contribution is 2.33. The third-order valence-corrected chi connectivity index (χ3v) is 2.37. The highest BCUT2D eigenvalue weighted by atomic mass is 19.4. The number of hydrogen-bond acceptors (Lipinski definition) is 3. The Morgan fingerprint density at radius 1 is 1.30 bits per heavy atom. The molecule has 1 amide bonds. The van der Waals surface area contributed by atoms with Crippen LogP contribution in [0.3, 0.4) is 0 Å². The van der Waals surface area contributed by atoms with Gasteiger partial charge in [0.1, 0.15) is 0 Å². The van der Waals surface area contributed by atoms with Crippen molar-refractivity contribution < 1.29 is 27.9 Å². The van der Waals surface area contributed by atoms with Gasteiger partial charge in [-0.05, 0) is 26.0 Å². The molecule has 0 heterocycles. The van der Waals surface area contributed by atoms with Gasteiger partial charge in [0.15, 0.2) is 0 Å². The molecule has 0 saturated heterocycles. The molecule has 8 heteroatoms. The van der Waals surface area contributed by atoms with Crippen molar-refractivity contribution in [2.75, 3.05) is 5.73 Å². The summed E-state index contributed by atoms with van der Waals surface area (Å²) in [5.41, 5.74) is 2.41. The van der Waals surface area contributed by atoms with Crippen LogP contribution in [0.4, 0.5) is 18.9 Å². The zero-order valence-corrected chi connectivity index (χ0v) is 10.7. The average Bonchev–Trinajstić information content (AvgIpc) is 2.24. The topological polar surface area (TPSA) is 92.4 Å². The fourth-order valence-electron chi connectivity index (χ4n) is 1.58. The highest BCUT2D eigenvalue weighted by Gasteiger charge is 2.34. The van der Waals surface area contributed by atoms with Crippen LogP contribution in [0.5, 0.6) is 0 Å². The Bertz CT molecular complexity index is 554. The van der Waals surface area contributed by atoms with E-state index in [0.29, 0.717) is 12.1 Å². The number of benzene rings is 1. The van der Waals surface area contributed by atoms with E-state index in [-0.39, 0.29) is 6.04 Å². The van der Waals surface area contributed by atoms with Crippen molar-refractivity contribution in [2.45, 2.75) is 26.1 Å². The molecule has 0 aromatic heterocycles. The van der Waals surface area contributed by atoms with E-state index in [1.165, 1.54) is 0 Å². The minimum absolute atomic E-state index is 0.314. The average molecular weight is 290 g/mol. The maximum absolute atomic E-state index is 12.6. The van der Waals surface area contributed by atoms with Crippen LogP contribution in [0.2, 0.25) is 0 Å². The summed E-state index contributed by atoms with van der Waals surface area (Å²) in [6.07, 6.45) is -4.74. The van der Waals surface area contributed by atoms with E-state index in [1.54, 1.807) is 13.8 Å². The lowest BCUT2D eigenvalue weighted by atomic mass is 10.0. The molecule has 1 rings (SSSR count). The smallest absolute Gasteiger partial charge is 0.416 e.